The first-order valence-corrected chi connectivity index (χ1v) is 8.68. The van der Waals surface area contributed by atoms with Crippen LogP contribution in [-0.4, -0.2) is 49.1 Å². The molecule has 0 saturated carbocycles. The molecule has 7 heteroatoms. The van der Waals surface area contributed by atoms with E-state index in [0.717, 1.165) is 0 Å². The van der Waals surface area contributed by atoms with Crippen molar-refractivity contribution in [2.45, 2.75) is 18.6 Å². The molecule has 6 nitrogen and oxygen atoms in total. The van der Waals surface area contributed by atoms with E-state index in [4.69, 9.17) is 9.47 Å². The highest BCUT2D eigenvalue weighted by Crippen LogP contribution is 2.23. The first kappa shape index (κ1) is 18.7. The quantitative estimate of drug-likeness (QED) is 0.842. The molecule has 0 unspecified atom stereocenters. The average Bonchev–Trinajstić information content (AvgIpc) is 3.11. The molecule has 2 aromatic rings. The van der Waals surface area contributed by atoms with Gasteiger partial charge in [0.05, 0.1) is 6.54 Å². The van der Waals surface area contributed by atoms with Gasteiger partial charge in [-0.3, -0.25) is 9.59 Å². The van der Waals surface area contributed by atoms with E-state index >= 15 is 0 Å². The summed E-state index contributed by atoms with van der Waals surface area (Å²) in [6, 6.07) is 14.1. The number of carbonyl (C=O) groups is 2. The highest BCUT2D eigenvalue weighted by molar-refractivity contribution is 5.88. The molecule has 0 radical (unpaired) electrons. The number of hydrogen-bond acceptors (Lipinski definition) is 4. The summed E-state index contributed by atoms with van der Waals surface area (Å²) >= 11 is 0. The van der Waals surface area contributed by atoms with Gasteiger partial charge in [-0.25, -0.2) is 4.39 Å². The number of ether oxygens (including phenoxy) is 2. The van der Waals surface area contributed by atoms with Crippen LogP contribution in [0.1, 0.15) is 6.42 Å². The number of para-hydroxylation sites is 1. The highest BCUT2D eigenvalue weighted by Gasteiger charge is 2.40. The third-order valence-corrected chi connectivity index (χ3v) is 4.35. The number of nitrogens with one attached hydrogen (secondary N) is 1. The Balaban J connectivity index is 1.64. The van der Waals surface area contributed by atoms with Crippen molar-refractivity contribution in [2.24, 2.45) is 0 Å². The first-order valence-electron chi connectivity index (χ1n) is 8.68. The second kappa shape index (κ2) is 8.53. The summed E-state index contributed by atoms with van der Waals surface area (Å²) in [5, 5.41) is 2.59. The van der Waals surface area contributed by atoms with Crippen LogP contribution in [0, 0.1) is 5.82 Å². The van der Waals surface area contributed by atoms with Gasteiger partial charge in [-0.2, -0.15) is 0 Å². The lowest BCUT2D eigenvalue weighted by Crippen LogP contribution is -2.46. The smallest absolute Gasteiger partial charge is 0.261 e. The number of amides is 2. The average molecular weight is 372 g/mol. The standard InChI is InChI=1S/C20H21FN2O4/c1-22-20(25)18-11-17(27-16-5-3-2-4-6-16)12-23(18)19(24)13-26-15-9-7-14(21)8-10-15/h2-10,17-18H,11-13H2,1H3,(H,22,25)/t17-,18-/m0/s1. The number of hydrogen-bond donors (Lipinski definition) is 1. The minimum Gasteiger partial charge on any atom is -0.488 e. The van der Waals surface area contributed by atoms with Crippen molar-refractivity contribution in [1.82, 2.24) is 10.2 Å². The lowest BCUT2D eigenvalue weighted by molar-refractivity contribution is -0.139. The molecule has 0 aromatic heterocycles. The Hall–Kier alpha value is -3.09. The molecular weight excluding hydrogens is 351 g/mol. The number of likely N-dealkylation sites (tertiary alicyclic amines) is 1. The largest absolute Gasteiger partial charge is 0.488 e. The molecule has 142 valence electrons. The third-order valence-electron chi connectivity index (χ3n) is 4.35. The van der Waals surface area contributed by atoms with Gasteiger partial charge >= 0.3 is 0 Å². The van der Waals surface area contributed by atoms with Gasteiger partial charge in [0, 0.05) is 13.5 Å². The number of likely N-dealkylation sites (N-methyl/N-ethyl adjacent to an activating group) is 1. The van der Waals surface area contributed by atoms with E-state index in [2.05, 4.69) is 5.32 Å². The summed E-state index contributed by atoms with van der Waals surface area (Å²) in [4.78, 5) is 26.3. The fourth-order valence-electron chi connectivity index (χ4n) is 3.02. The van der Waals surface area contributed by atoms with Crippen LogP contribution in [0.15, 0.2) is 54.6 Å². The van der Waals surface area contributed by atoms with Crippen molar-refractivity contribution in [3.63, 3.8) is 0 Å². The molecule has 0 aliphatic carbocycles. The Morgan fingerprint density at radius 2 is 1.81 bits per heavy atom. The summed E-state index contributed by atoms with van der Waals surface area (Å²) in [6.45, 7) is 0.0514. The number of halogens is 1. The zero-order chi connectivity index (χ0) is 19.2. The van der Waals surface area contributed by atoms with E-state index in [1.54, 1.807) is 0 Å². The van der Waals surface area contributed by atoms with Crippen LogP contribution in [0.4, 0.5) is 4.39 Å². The SMILES string of the molecule is CNC(=O)[C@@H]1C[C@H](Oc2ccccc2)CN1C(=O)COc1ccc(F)cc1. The summed E-state index contributed by atoms with van der Waals surface area (Å²) in [5.41, 5.74) is 0. The van der Waals surface area contributed by atoms with E-state index in [1.807, 2.05) is 30.3 Å². The molecule has 0 spiro atoms. The van der Waals surface area contributed by atoms with Crippen molar-refractivity contribution in [3.8, 4) is 11.5 Å². The Bertz CT molecular complexity index is 782. The van der Waals surface area contributed by atoms with Crippen LogP contribution >= 0.6 is 0 Å². The van der Waals surface area contributed by atoms with Crippen molar-refractivity contribution < 1.29 is 23.5 Å². The molecule has 1 saturated heterocycles. The molecule has 1 aliphatic heterocycles. The molecule has 0 bridgehead atoms. The molecule has 1 heterocycles. The lowest BCUT2D eigenvalue weighted by atomic mass is 10.2. The van der Waals surface area contributed by atoms with Gasteiger partial charge in [0.25, 0.3) is 5.91 Å². The minimum atomic E-state index is -0.618. The molecule has 3 rings (SSSR count). The molecular formula is C20H21FN2O4. The van der Waals surface area contributed by atoms with Crippen LogP contribution in [-0.2, 0) is 9.59 Å². The van der Waals surface area contributed by atoms with Crippen LogP contribution in [0.2, 0.25) is 0 Å². The molecule has 1 aliphatic rings. The second-order valence-electron chi connectivity index (χ2n) is 6.21. The van der Waals surface area contributed by atoms with Gasteiger partial charge in [-0.05, 0) is 36.4 Å². The van der Waals surface area contributed by atoms with E-state index < -0.39 is 6.04 Å². The van der Waals surface area contributed by atoms with Crippen LogP contribution in [0.3, 0.4) is 0 Å². The molecule has 1 N–H and O–H groups in total. The van der Waals surface area contributed by atoms with Gasteiger partial charge in [0.2, 0.25) is 5.91 Å². The summed E-state index contributed by atoms with van der Waals surface area (Å²) in [6.07, 6.45) is 0.112. The zero-order valence-electron chi connectivity index (χ0n) is 14.9. The Morgan fingerprint density at radius 1 is 1.11 bits per heavy atom. The van der Waals surface area contributed by atoms with Crippen molar-refractivity contribution >= 4 is 11.8 Å². The predicted molar refractivity (Wildman–Crippen MR) is 96.9 cm³/mol. The van der Waals surface area contributed by atoms with E-state index in [9.17, 15) is 14.0 Å². The van der Waals surface area contributed by atoms with Gasteiger partial charge in [-0.1, -0.05) is 18.2 Å². The number of carbonyl (C=O) groups excluding carboxylic acids is 2. The van der Waals surface area contributed by atoms with Crippen LogP contribution < -0.4 is 14.8 Å². The second-order valence-corrected chi connectivity index (χ2v) is 6.21. The van der Waals surface area contributed by atoms with Gasteiger partial charge < -0.3 is 19.7 Å². The topological polar surface area (TPSA) is 67.9 Å². The number of benzene rings is 2. The summed E-state index contributed by atoms with van der Waals surface area (Å²) in [7, 11) is 1.53. The van der Waals surface area contributed by atoms with Gasteiger partial charge in [-0.15, -0.1) is 0 Å². The van der Waals surface area contributed by atoms with Gasteiger partial charge in [0.1, 0.15) is 29.5 Å². The third kappa shape index (κ3) is 4.75. The normalized spacial score (nSPS) is 18.8. The van der Waals surface area contributed by atoms with Crippen LogP contribution in [0.5, 0.6) is 11.5 Å². The summed E-state index contributed by atoms with van der Waals surface area (Å²) in [5.74, 6) is 0.123. The maximum atomic E-state index is 12.9. The van der Waals surface area contributed by atoms with Crippen LogP contribution in [0.25, 0.3) is 0 Å². The molecule has 27 heavy (non-hydrogen) atoms. The maximum Gasteiger partial charge on any atom is 0.261 e. The molecule has 2 aromatic carbocycles. The Labute approximate surface area is 156 Å². The zero-order valence-corrected chi connectivity index (χ0v) is 14.9. The maximum absolute atomic E-state index is 12.9. The van der Waals surface area contributed by atoms with Crippen molar-refractivity contribution in [2.75, 3.05) is 20.2 Å². The van der Waals surface area contributed by atoms with E-state index in [0.29, 0.717) is 24.5 Å². The molecule has 1 fully saturated rings. The lowest BCUT2D eigenvalue weighted by Gasteiger charge is -2.23. The van der Waals surface area contributed by atoms with E-state index in [1.165, 1.54) is 36.2 Å². The number of nitrogens with zero attached hydrogens (tertiary/aromatic N) is 1. The van der Waals surface area contributed by atoms with Gasteiger partial charge in [0.15, 0.2) is 6.61 Å². The molecule has 2 atom stereocenters. The van der Waals surface area contributed by atoms with E-state index in [-0.39, 0.29) is 30.3 Å². The fourth-order valence-corrected chi connectivity index (χ4v) is 3.02. The Kier molecular flexibility index (Phi) is 5.90. The highest BCUT2D eigenvalue weighted by atomic mass is 19.1. The van der Waals surface area contributed by atoms with Crippen molar-refractivity contribution in [1.29, 1.82) is 0 Å². The predicted octanol–water partition coefficient (Wildman–Crippen LogP) is 2.00. The molecule has 2 amide bonds. The fraction of sp³-hybridized carbons (Fsp3) is 0.300. The monoisotopic (exact) mass is 372 g/mol. The number of rotatable bonds is 6. The first-order chi connectivity index (χ1) is 13.1. The Morgan fingerprint density at radius 3 is 2.48 bits per heavy atom. The summed E-state index contributed by atoms with van der Waals surface area (Å²) < 4.78 is 24.3. The van der Waals surface area contributed by atoms with Crippen molar-refractivity contribution in [3.05, 3.63) is 60.4 Å². The minimum absolute atomic E-state index is 0.239.